The van der Waals surface area contributed by atoms with Gasteiger partial charge in [0.1, 0.15) is 5.75 Å². The molecule has 3 aromatic carbocycles. The number of nitrogens with one attached hydrogen (secondary N) is 1. The van der Waals surface area contributed by atoms with Crippen molar-refractivity contribution in [1.29, 1.82) is 0 Å². The highest BCUT2D eigenvalue weighted by Crippen LogP contribution is 2.26. The molecule has 1 fully saturated rings. The summed E-state index contributed by atoms with van der Waals surface area (Å²) in [5.41, 5.74) is 3.36. The predicted octanol–water partition coefficient (Wildman–Crippen LogP) is 4.34. The average Bonchev–Trinajstić information content (AvgIpc) is 3.24. The van der Waals surface area contributed by atoms with Crippen molar-refractivity contribution >= 4 is 17.5 Å². The first kappa shape index (κ1) is 19.7. The van der Waals surface area contributed by atoms with E-state index in [0.717, 1.165) is 35.5 Å². The molecule has 0 aliphatic carbocycles. The largest absolute Gasteiger partial charge is 0.497 e. The van der Waals surface area contributed by atoms with Crippen LogP contribution < -0.4 is 15.0 Å². The third-order valence-corrected chi connectivity index (χ3v) is 5.37. The van der Waals surface area contributed by atoms with Crippen LogP contribution in [-0.4, -0.2) is 25.5 Å². The van der Waals surface area contributed by atoms with E-state index in [2.05, 4.69) is 5.32 Å². The molecule has 1 aliphatic rings. The third-order valence-electron chi connectivity index (χ3n) is 5.37. The van der Waals surface area contributed by atoms with E-state index in [-0.39, 0.29) is 17.9 Å². The molecule has 1 heterocycles. The number of hydrogen-bond acceptors (Lipinski definition) is 3. The van der Waals surface area contributed by atoms with Gasteiger partial charge < -0.3 is 15.0 Å². The molecular weight excluding hydrogens is 376 g/mol. The van der Waals surface area contributed by atoms with Crippen LogP contribution in [0.4, 0.5) is 5.69 Å². The number of rotatable bonds is 6. The fourth-order valence-corrected chi connectivity index (χ4v) is 3.73. The van der Waals surface area contributed by atoms with Crippen LogP contribution in [0.2, 0.25) is 0 Å². The number of benzene rings is 3. The Morgan fingerprint density at radius 2 is 1.60 bits per heavy atom. The minimum atomic E-state index is -0.288. The van der Waals surface area contributed by atoms with Crippen LogP contribution in [0.1, 0.15) is 40.4 Å². The fourth-order valence-electron chi connectivity index (χ4n) is 3.73. The maximum Gasteiger partial charge on any atom is 0.252 e. The molecule has 1 atom stereocenters. The van der Waals surface area contributed by atoms with Crippen molar-refractivity contribution in [2.75, 3.05) is 18.6 Å². The first-order valence-electron chi connectivity index (χ1n) is 10.1. The Morgan fingerprint density at radius 3 is 2.20 bits per heavy atom. The monoisotopic (exact) mass is 400 g/mol. The van der Waals surface area contributed by atoms with E-state index >= 15 is 0 Å². The van der Waals surface area contributed by atoms with E-state index in [1.54, 1.807) is 24.1 Å². The van der Waals surface area contributed by atoms with E-state index in [1.807, 2.05) is 66.7 Å². The zero-order valence-electron chi connectivity index (χ0n) is 16.9. The van der Waals surface area contributed by atoms with Crippen molar-refractivity contribution in [3.63, 3.8) is 0 Å². The number of amides is 2. The Hall–Kier alpha value is -3.60. The lowest BCUT2D eigenvalue weighted by molar-refractivity contribution is -0.117. The van der Waals surface area contributed by atoms with E-state index in [9.17, 15) is 9.59 Å². The van der Waals surface area contributed by atoms with Gasteiger partial charge in [0.05, 0.1) is 13.2 Å². The molecule has 1 N–H and O–H groups in total. The zero-order chi connectivity index (χ0) is 20.9. The number of hydrogen-bond donors (Lipinski definition) is 1. The van der Waals surface area contributed by atoms with Crippen molar-refractivity contribution in [3.8, 4) is 5.75 Å². The summed E-state index contributed by atoms with van der Waals surface area (Å²) in [7, 11) is 1.63. The van der Waals surface area contributed by atoms with Crippen molar-refractivity contribution in [3.05, 3.63) is 95.6 Å². The molecule has 1 unspecified atom stereocenters. The predicted molar refractivity (Wildman–Crippen MR) is 117 cm³/mol. The molecule has 0 bridgehead atoms. The summed E-state index contributed by atoms with van der Waals surface area (Å²) < 4.78 is 5.25. The van der Waals surface area contributed by atoms with Gasteiger partial charge >= 0.3 is 0 Å². The van der Waals surface area contributed by atoms with E-state index in [4.69, 9.17) is 4.74 Å². The molecule has 4 rings (SSSR count). The summed E-state index contributed by atoms with van der Waals surface area (Å²) in [6.45, 7) is 0.734. The summed E-state index contributed by atoms with van der Waals surface area (Å²) in [6.07, 6.45) is 1.46. The van der Waals surface area contributed by atoms with E-state index < -0.39 is 0 Å². The van der Waals surface area contributed by atoms with Gasteiger partial charge in [-0.05, 0) is 53.9 Å². The van der Waals surface area contributed by atoms with Crippen molar-refractivity contribution in [2.24, 2.45) is 0 Å². The van der Waals surface area contributed by atoms with Crippen LogP contribution in [0, 0.1) is 0 Å². The lowest BCUT2D eigenvalue weighted by atomic mass is 9.98. The van der Waals surface area contributed by atoms with Gasteiger partial charge in [-0.25, -0.2) is 0 Å². The quantitative estimate of drug-likeness (QED) is 0.670. The molecule has 0 radical (unpaired) electrons. The molecule has 0 saturated carbocycles. The Bertz CT molecular complexity index is 1010. The summed E-state index contributed by atoms with van der Waals surface area (Å²) in [5, 5.41) is 3.14. The standard InChI is InChI=1S/C25H24N2O3/c1-30-22-15-11-19(12-16-22)24(18-6-3-2-4-7-18)26-25(29)20-9-13-21(14-10-20)27-17-5-8-23(27)28/h2-4,6-7,9-16,24H,5,8,17H2,1H3,(H,26,29). The Labute approximate surface area is 176 Å². The highest BCUT2D eigenvalue weighted by atomic mass is 16.5. The molecule has 2 amide bonds. The number of methoxy groups -OCH3 is 1. The lowest BCUT2D eigenvalue weighted by Gasteiger charge is -2.21. The third kappa shape index (κ3) is 4.20. The maximum atomic E-state index is 13.0. The molecule has 1 aliphatic heterocycles. The van der Waals surface area contributed by atoms with Crippen LogP contribution in [0.3, 0.4) is 0 Å². The number of carbonyl (C=O) groups is 2. The van der Waals surface area contributed by atoms with Crippen molar-refractivity contribution in [2.45, 2.75) is 18.9 Å². The van der Waals surface area contributed by atoms with Gasteiger partial charge in [0.2, 0.25) is 5.91 Å². The summed E-state index contributed by atoms with van der Waals surface area (Å²) in [4.78, 5) is 26.7. The first-order chi connectivity index (χ1) is 14.7. The summed E-state index contributed by atoms with van der Waals surface area (Å²) in [6, 6.07) is 24.5. The minimum absolute atomic E-state index is 0.135. The van der Waals surface area contributed by atoms with Gasteiger partial charge in [-0.15, -0.1) is 0 Å². The first-order valence-corrected chi connectivity index (χ1v) is 10.1. The van der Waals surface area contributed by atoms with Gasteiger partial charge in [0.25, 0.3) is 5.91 Å². The van der Waals surface area contributed by atoms with Crippen LogP contribution in [0.15, 0.2) is 78.9 Å². The molecule has 0 spiro atoms. The molecule has 5 heteroatoms. The molecule has 1 saturated heterocycles. The Morgan fingerprint density at radius 1 is 0.933 bits per heavy atom. The molecule has 0 aromatic heterocycles. The molecule has 30 heavy (non-hydrogen) atoms. The van der Waals surface area contributed by atoms with Crippen LogP contribution >= 0.6 is 0 Å². The van der Waals surface area contributed by atoms with Gasteiger partial charge in [-0.2, -0.15) is 0 Å². The second kappa shape index (κ2) is 8.82. The molecular formula is C25H24N2O3. The van der Waals surface area contributed by atoms with Crippen molar-refractivity contribution in [1.82, 2.24) is 5.32 Å². The van der Waals surface area contributed by atoms with E-state index in [1.165, 1.54) is 0 Å². The Kier molecular flexibility index (Phi) is 5.80. The highest BCUT2D eigenvalue weighted by molar-refractivity contribution is 5.97. The highest BCUT2D eigenvalue weighted by Gasteiger charge is 2.22. The molecule has 152 valence electrons. The van der Waals surface area contributed by atoms with E-state index in [0.29, 0.717) is 12.0 Å². The summed E-state index contributed by atoms with van der Waals surface area (Å²) >= 11 is 0. The molecule has 5 nitrogen and oxygen atoms in total. The number of ether oxygens (including phenoxy) is 1. The zero-order valence-corrected chi connectivity index (χ0v) is 16.9. The Balaban J connectivity index is 1.56. The van der Waals surface area contributed by atoms with Gasteiger partial charge in [-0.1, -0.05) is 42.5 Å². The number of carbonyl (C=O) groups excluding carboxylic acids is 2. The maximum absolute atomic E-state index is 13.0. The number of nitrogens with zero attached hydrogens (tertiary/aromatic N) is 1. The fraction of sp³-hybridized carbons (Fsp3) is 0.200. The minimum Gasteiger partial charge on any atom is -0.497 e. The second-order valence-corrected chi connectivity index (χ2v) is 7.29. The van der Waals surface area contributed by atoms with Crippen LogP contribution in [-0.2, 0) is 4.79 Å². The molecule has 3 aromatic rings. The van der Waals surface area contributed by atoms with Crippen LogP contribution in [0.5, 0.6) is 5.75 Å². The second-order valence-electron chi connectivity index (χ2n) is 7.29. The average molecular weight is 400 g/mol. The van der Waals surface area contributed by atoms with Gasteiger partial charge in [-0.3, -0.25) is 9.59 Å². The topological polar surface area (TPSA) is 58.6 Å². The van der Waals surface area contributed by atoms with Crippen molar-refractivity contribution < 1.29 is 14.3 Å². The SMILES string of the molecule is COc1ccc(C(NC(=O)c2ccc(N3CCCC3=O)cc2)c2ccccc2)cc1. The van der Waals surface area contributed by atoms with Gasteiger partial charge in [0, 0.05) is 24.2 Å². The van der Waals surface area contributed by atoms with Crippen LogP contribution in [0.25, 0.3) is 0 Å². The van der Waals surface area contributed by atoms with Gasteiger partial charge in [0.15, 0.2) is 0 Å². The lowest BCUT2D eigenvalue weighted by Crippen LogP contribution is -2.29. The summed E-state index contributed by atoms with van der Waals surface area (Å²) in [5.74, 6) is 0.735. The number of anilines is 1. The smallest absolute Gasteiger partial charge is 0.252 e. The normalized spacial score (nSPS) is 14.4.